The second-order valence-corrected chi connectivity index (χ2v) is 6.17. The van der Waals surface area contributed by atoms with Crippen molar-refractivity contribution in [1.29, 1.82) is 0 Å². The van der Waals surface area contributed by atoms with E-state index in [1.165, 1.54) is 0 Å². The largest absolute Gasteiger partial charge is 0.336 e. The first kappa shape index (κ1) is 14.9. The van der Waals surface area contributed by atoms with Crippen molar-refractivity contribution in [2.24, 2.45) is 7.05 Å². The number of amides is 1. The van der Waals surface area contributed by atoms with Gasteiger partial charge in [0.1, 0.15) is 17.0 Å². The Hall–Kier alpha value is -2.70. The quantitative estimate of drug-likeness (QED) is 0.737. The highest BCUT2D eigenvalue weighted by atomic mass is 16.2. The number of aryl methyl sites for hydroxylation is 2. The van der Waals surface area contributed by atoms with Crippen LogP contribution in [-0.4, -0.2) is 48.2 Å². The molecule has 0 bridgehead atoms. The molecule has 1 aliphatic heterocycles. The van der Waals surface area contributed by atoms with E-state index in [2.05, 4.69) is 10.1 Å². The second-order valence-electron chi connectivity index (χ2n) is 6.17. The monoisotopic (exact) mass is 324 g/mol. The van der Waals surface area contributed by atoms with E-state index in [9.17, 15) is 4.79 Å². The molecular formula is C17H20N6O. The molecule has 0 aliphatic carbocycles. The van der Waals surface area contributed by atoms with Crippen LogP contribution in [0.15, 0.2) is 30.6 Å². The van der Waals surface area contributed by atoms with Crippen molar-refractivity contribution in [3.63, 3.8) is 0 Å². The summed E-state index contributed by atoms with van der Waals surface area (Å²) >= 11 is 0. The minimum Gasteiger partial charge on any atom is -0.336 e. The number of fused-ring (bicyclic) bond motifs is 1. The lowest BCUT2D eigenvalue weighted by Gasteiger charge is -2.15. The van der Waals surface area contributed by atoms with Crippen LogP contribution in [0.1, 0.15) is 35.6 Å². The van der Waals surface area contributed by atoms with Crippen LogP contribution in [0, 0.1) is 0 Å². The summed E-state index contributed by atoms with van der Waals surface area (Å²) in [7, 11) is 1.99. The van der Waals surface area contributed by atoms with Gasteiger partial charge in [-0.1, -0.05) is 0 Å². The van der Waals surface area contributed by atoms with E-state index in [0.717, 1.165) is 36.5 Å². The van der Waals surface area contributed by atoms with Crippen LogP contribution in [0.3, 0.4) is 0 Å². The molecule has 24 heavy (non-hydrogen) atoms. The van der Waals surface area contributed by atoms with Crippen LogP contribution in [-0.2, 0) is 13.6 Å². The molecule has 0 saturated carbocycles. The van der Waals surface area contributed by atoms with Gasteiger partial charge in [0, 0.05) is 45.0 Å². The Labute approximate surface area is 139 Å². The fourth-order valence-electron chi connectivity index (χ4n) is 3.38. The Morgan fingerprint density at radius 2 is 2.25 bits per heavy atom. The maximum absolute atomic E-state index is 12.6. The van der Waals surface area contributed by atoms with Gasteiger partial charge in [-0.25, -0.2) is 9.97 Å². The van der Waals surface area contributed by atoms with Crippen molar-refractivity contribution in [2.45, 2.75) is 25.8 Å². The van der Waals surface area contributed by atoms with Crippen molar-refractivity contribution >= 4 is 17.1 Å². The van der Waals surface area contributed by atoms with Crippen LogP contribution in [0.25, 0.3) is 11.2 Å². The van der Waals surface area contributed by atoms with Gasteiger partial charge in [0.05, 0.1) is 0 Å². The van der Waals surface area contributed by atoms with E-state index in [1.807, 2.05) is 41.8 Å². The molecule has 0 N–H and O–H groups in total. The minimum atomic E-state index is 0.00147. The Bertz CT molecular complexity index is 896. The number of pyridine rings is 1. The van der Waals surface area contributed by atoms with Crippen LogP contribution in [0.5, 0.6) is 0 Å². The molecular weight excluding hydrogens is 304 g/mol. The highest BCUT2D eigenvalue weighted by Crippen LogP contribution is 2.28. The molecule has 4 rings (SSSR count). The molecule has 1 amide bonds. The highest BCUT2D eigenvalue weighted by Gasteiger charge is 2.31. The van der Waals surface area contributed by atoms with Gasteiger partial charge in [-0.3, -0.25) is 9.48 Å². The fourth-order valence-corrected chi connectivity index (χ4v) is 3.38. The van der Waals surface area contributed by atoms with Gasteiger partial charge in [0.25, 0.3) is 5.91 Å². The number of imidazole rings is 1. The predicted molar refractivity (Wildman–Crippen MR) is 89.7 cm³/mol. The standard InChI is InChI=1S/C17H20N6O/c1-3-23-10-7-14(20-23)17(24)22-9-6-12(11-22)15-19-13-5-4-8-18-16(13)21(15)2/h4-5,7-8,10,12H,3,6,9,11H2,1-2H3. The normalized spacial score (nSPS) is 17.8. The lowest BCUT2D eigenvalue weighted by molar-refractivity contribution is 0.0783. The molecule has 1 fully saturated rings. The van der Waals surface area contributed by atoms with Gasteiger partial charge >= 0.3 is 0 Å². The van der Waals surface area contributed by atoms with Crippen LogP contribution >= 0.6 is 0 Å². The second kappa shape index (κ2) is 5.74. The third-order valence-electron chi connectivity index (χ3n) is 4.69. The summed E-state index contributed by atoms with van der Waals surface area (Å²) in [5.41, 5.74) is 2.31. The van der Waals surface area contributed by atoms with Crippen molar-refractivity contribution in [3.05, 3.63) is 42.1 Å². The van der Waals surface area contributed by atoms with Crippen LogP contribution in [0.2, 0.25) is 0 Å². The van der Waals surface area contributed by atoms with Crippen molar-refractivity contribution < 1.29 is 4.79 Å². The molecule has 3 aromatic heterocycles. The predicted octanol–water partition coefficient (Wildman–Crippen LogP) is 1.81. The number of carbonyl (C=O) groups excluding carboxylic acids is 1. The average molecular weight is 324 g/mol. The van der Waals surface area contributed by atoms with E-state index >= 15 is 0 Å². The summed E-state index contributed by atoms with van der Waals surface area (Å²) in [5.74, 6) is 1.24. The maximum Gasteiger partial charge on any atom is 0.274 e. The molecule has 1 saturated heterocycles. The third kappa shape index (κ3) is 2.36. The van der Waals surface area contributed by atoms with E-state index in [-0.39, 0.29) is 11.8 Å². The lowest BCUT2D eigenvalue weighted by atomic mass is 10.1. The SMILES string of the molecule is CCn1ccc(C(=O)N2CCC(c3nc4cccnc4n3C)C2)n1. The maximum atomic E-state index is 12.6. The molecule has 7 nitrogen and oxygen atoms in total. The first-order valence-electron chi connectivity index (χ1n) is 8.27. The number of hydrogen-bond acceptors (Lipinski definition) is 4. The van der Waals surface area contributed by atoms with Crippen LogP contribution in [0.4, 0.5) is 0 Å². The van der Waals surface area contributed by atoms with E-state index in [0.29, 0.717) is 12.2 Å². The number of rotatable bonds is 3. The smallest absolute Gasteiger partial charge is 0.274 e. The molecule has 1 unspecified atom stereocenters. The van der Waals surface area contributed by atoms with Gasteiger partial charge in [0.2, 0.25) is 0 Å². The van der Waals surface area contributed by atoms with Gasteiger partial charge < -0.3 is 9.47 Å². The van der Waals surface area contributed by atoms with Gasteiger partial charge in [0.15, 0.2) is 5.65 Å². The van der Waals surface area contributed by atoms with E-state index in [1.54, 1.807) is 16.9 Å². The van der Waals surface area contributed by atoms with Crippen molar-refractivity contribution in [1.82, 2.24) is 29.2 Å². The number of nitrogens with zero attached hydrogens (tertiary/aromatic N) is 6. The van der Waals surface area contributed by atoms with Crippen molar-refractivity contribution in [3.8, 4) is 0 Å². The molecule has 1 atom stereocenters. The van der Waals surface area contributed by atoms with E-state index < -0.39 is 0 Å². The molecule has 7 heteroatoms. The first-order valence-corrected chi connectivity index (χ1v) is 8.27. The Kier molecular flexibility index (Phi) is 3.55. The van der Waals surface area contributed by atoms with Crippen LogP contribution < -0.4 is 0 Å². The fraction of sp³-hybridized carbons (Fsp3) is 0.412. The first-order chi connectivity index (χ1) is 11.7. The number of likely N-dealkylation sites (tertiary alicyclic amines) is 1. The molecule has 0 spiro atoms. The average Bonchev–Trinajstić information content (AvgIpc) is 3.33. The number of aromatic nitrogens is 5. The summed E-state index contributed by atoms with van der Waals surface area (Å²) < 4.78 is 3.82. The minimum absolute atomic E-state index is 0.00147. The molecule has 3 aromatic rings. The number of hydrogen-bond donors (Lipinski definition) is 0. The topological polar surface area (TPSA) is 68.8 Å². The highest BCUT2D eigenvalue weighted by molar-refractivity contribution is 5.92. The molecule has 1 aliphatic rings. The summed E-state index contributed by atoms with van der Waals surface area (Å²) in [6.07, 6.45) is 4.54. The van der Waals surface area contributed by atoms with Crippen molar-refractivity contribution in [2.75, 3.05) is 13.1 Å². The Morgan fingerprint density at radius 3 is 3.00 bits per heavy atom. The zero-order valence-corrected chi connectivity index (χ0v) is 13.9. The zero-order chi connectivity index (χ0) is 16.7. The number of carbonyl (C=O) groups is 1. The van der Waals surface area contributed by atoms with Gasteiger partial charge in [-0.2, -0.15) is 5.10 Å². The molecule has 4 heterocycles. The van der Waals surface area contributed by atoms with E-state index in [4.69, 9.17) is 4.98 Å². The van der Waals surface area contributed by atoms with Gasteiger partial charge in [-0.15, -0.1) is 0 Å². The van der Waals surface area contributed by atoms with Gasteiger partial charge in [-0.05, 0) is 31.5 Å². The Balaban J connectivity index is 1.55. The molecule has 124 valence electrons. The summed E-state index contributed by atoms with van der Waals surface area (Å²) in [4.78, 5) is 23.6. The summed E-state index contributed by atoms with van der Waals surface area (Å²) in [6.45, 7) is 4.18. The molecule has 0 aromatic carbocycles. The Morgan fingerprint density at radius 1 is 1.38 bits per heavy atom. The molecule has 0 radical (unpaired) electrons. The zero-order valence-electron chi connectivity index (χ0n) is 13.9. The summed E-state index contributed by atoms with van der Waals surface area (Å²) in [5, 5.41) is 4.32. The third-order valence-corrected chi connectivity index (χ3v) is 4.69. The summed E-state index contributed by atoms with van der Waals surface area (Å²) in [6, 6.07) is 5.66. The lowest BCUT2D eigenvalue weighted by Crippen LogP contribution is -2.29.